The Bertz CT molecular complexity index is 419. The molecule has 0 unspecified atom stereocenters. The van der Waals surface area contributed by atoms with Crippen LogP contribution in [0.15, 0.2) is 24.3 Å². The van der Waals surface area contributed by atoms with Crippen molar-refractivity contribution in [1.29, 1.82) is 0 Å². The Morgan fingerprint density at radius 1 is 0.955 bits per heavy atom. The lowest BCUT2D eigenvalue weighted by atomic mass is 10.1. The monoisotopic (exact) mass is 305 g/mol. The van der Waals surface area contributed by atoms with Crippen LogP contribution in [0.5, 0.6) is 0 Å². The van der Waals surface area contributed by atoms with Gasteiger partial charge < -0.3 is 10.0 Å². The average molecular weight is 305 g/mol. The van der Waals surface area contributed by atoms with E-state index in [0.717, 1.165) is 18.8 Å². The summed E-state index contributed by atoms with van der Waals surface area (Å²) in [5.41, 5.74) is 1.43. The van der Waals surface area contributed by atoms with Crippen molar-refractivity contribution in [3.05, 3.63) is 29.8 Å². The Kier molecular flexibility index (Phi) is 9.36. The van der Waals surface area contributed by atoms with Crippen LogP contribution in [-0.4, -0.2) is 24.2 Å². The molecule has 0 saturated heterocycles. The molecule has 0 bridgehead atoms. The van der Waals surface area contributed by atoms with Crippen molar-refractivity contribution in [2.24, 2.45) is 0 Å². The van der Waals surface area contributed by atoms with E-state index >= 15 is 0 Å². The first-order valence-corrected chi connectivity index (χ1v) is 8.77. The van der Waals surface area contributed by atoms with Crippen molar-refractivity contribution < 1.29 is 9.90 Å². The molecule has 3 nitrogen and oxygen atoms in total. The molecule has 1 N–H and O–H groups in total. The fourth-order valence-electron chi connectivity index (χ4n) is 2.66. The van der Waals surface area contributed by atoms with Crippen LogP contribution in [0.25, 0.3) is 0 Å². The van der Waals surface area contributed by atoms with Gasteiger partial charge in [0.15, 0.2) is 0 Å². The molecule has 124 valence electrons. The van der Waals surface area contributed by atoms with E-state index in [9.17, 15) is 4.79 Å². The van der Waals surface area contributed by atoms with Crippen molar-refractivity contribution >= 4 is 11.7 Å². The van der Waals surface area contributed by atoms with E-state index in [-0.39, 0.29) is 0 Å². The molecule has 1 aromatic rings. The molecule has 0 fully saturated rings. The van der Waals surface area contributed by atoms with Gasteiger partial charge in [-0.3, -0.25) is 0 Å². The SMILES string of the molecule is CCCCCCN(CCCCCC)c1cccc(C(=O)O)c1. The van der Waals surface area contributed by atoms with Crippen LogP contribution in [-0.2, 0) is 0 Å². The van der Waals surface area contributed by atoms with Crippen molar-refractivity contribution in [3.8, 4) is 0 Å². The molecular formula is C19H31NO2. The van der Waals surface area contributed by atoms with Crippen molar-refractivity contribution in [3.63, 3.8) is 0 Å². The van der Waals surface area contributed by atoms with E-state index in [2.05, 4.69) is 18.7 Å². The summed E-state index contributed by atoms with van der Waals surface area (Å²) < 4.78 is 0. The Balaban J connectivity index is 2.65. The first-order chi connectivity index (χ1) is 10.7. The van der Waals surface area contributed by atoms with Crippen LogP contribution >= 0.6 is 0 Å². The highest BCUT2D eigenvalue weighted by atomic mass is 16.4. The van der Waals surface area contributed by atoms with Gasteiger partial charge >= 0.3 is 5.97 Å². The Hall–Kier alpha value is -1.51. The van der Waals surface area contributed by atoms with Crippen LogP contribution in [0, 0.1) is 0 Å². The highest BCUT2D eigenvalue weighted by molar-refractivity contribution is 5.88. The lowest BCUT2D eigenvalue weighted by Crippen LogP contribution is -2.26. The number of unbranched alkanes of at least 4 members (excludes halogenated alkanes) is 6. The third kappa shape index (κ3) is 6.97. The molecule has 0 atom stereocenters. The number of anilines is 1. The summed E-state index contributed by atoms with van der Waals surface area (Å²) in [5, 5.41) is 9.16. The van der Waals surface area contributed by atoms with E-state index in [1.165, 1.54) is 51.4 Å². The van der Waals surface area contributed by atoms with Gasteiger partial charge in [0.25, 0.3) is 0 Å². The van der Waals surface area contributed by atoms with Gasteiger partial charge in [0.1, 0.15) is 0 Å². The number of hydrogen-bond acceptors (Lipinski definition) is 2. The number of aromatic carboxylic acids is 1. The molecule has 1 rings (SSSR count). The van der Waals surface area contributed by atoms with E-state index in [1.54, 1.807) is 6.07 Å². The summed E-state index contributed by atoms with van der Waals surface area (Å²) in [6, 6.07) is 7.36. The van der Waals surface area contributed by atoms with Gasteiger partial charge in [-0.15, -0.1) is 0 Å². The largest absolute Gasteiger partial charge is 0.478 e. The zero-order valence-corrected chi connectivity index (χ0v) is 14.2. The zero-order chi connectivity index (χ0) is 16.2. The van der Waals surface area contributed by atoms with Crippen LogP contribution in [0.3, 0.4) is 0 Å². The van der Waals surface area contributed by atoms with Gasteiger partial charge in [-0.05, 0) is 31.0 Å². The first-order valence-electron chi connectivity index (χ1n) is 8.77. The van der Waals surface area contributed by atoms with Crippen molar-refractivity contribution in [2.45, 2.75) is 65.2 Å². The third-order valence-electron chi connectivity index (χ3n) is 4.02. The average Bonchev–Trinajstić information content (AvgIpc) is 2.53. The number of carboxylic acids is 1. The van der Waals surface area contributed by atoms with E-state index in [4.69, 9.17) is 5.11 Å². The van der Waals surface area contributed by atoms with E-state index in [0.29, 0.717) is 5.56 Å². The minimum Gasteiger partial charge on any atom is -0.478 e. The predicted octanol–water partition coefficient (Wildman–Crippen LogP) is 5.35. The number of hydrogen-bond donors (Lipinski definition) is 1. The maximum atomic E-state index is 11.2. The van der Waals surface area contributed by atoms with Gasteiger partial charge in [-0.2, -0.15) is 0 Å². The molecule has 0 aliphatic heterocycles. The maximum absolute atomic E-state index is 11.2. The molecule has 0 heterocycles. The Morgan fingerprint density at radius 2 is 1.55 bits per heavy atom. The highest BCUT2D eigenvalue weighted by Crippen LogP contribution is 2.18. The van der Waals surface area contributed by atoms with E-state index < -0.39 is 5.97 Å². The second kappa shape index (κ2) is 11.1. The lowest BCUT2D eigenvalue weighted by Gasteiger charge is -2.25. The number of nitrogens with zero attached hydrogens (tertiary/aromatic N) is 1. The smallest absolute Gasteiger partial charge is 0.335 e. The van der Waals surface area contributed by atoms with Crippen LogP contribution in [0.4, 0.5) is 5.69 Å². The molecule has 0 radical (unpaired) electrons. The van der Waals surface area contributed by atoms with Crippen LogP contribution in [0.2, 0.25) is 0 Å². The molecular weight excluding hydrogens is 274 g/mol. The molecule has 0 aromatic heterocycles. The number of carbonyl (C=O) groups is 1. The minimum absolute atomic E-state index is 0.379. The van der Waals surface area contributed by atoms with Crippen LogP contribution < -0.4 is 4.90 Å². The molecule has 0 amide bonds. The normalized spacial score (nSPS) is 10.6. The summed E-state index contributed by atoms with van der Waals surface area (Å²) in [6.07, 6.45) is 9.90. The zero-order valence-electron chi connectivity index (χ0n) is 14.2. The van der Waals surface area contributed by atoms with Crippen molar-refractivity contribution in [2.75, 3.05) is 18.0 Å². The standard InChI is InChI=1S/C19H31NO2/c1-3-5-7-9-14-20(15-10-8-6-4-2)18-13-11-12-17(16-18)19(21)22/h11-13,16H,3-10,14-15H2,1-2H3,(H,21,22). The summed E-state index contributed by atoms with van der Waals surface area (Å²) in [7, 11) is 0. The van der Waals surface area contributed by atoms with Gasteiger partial charge in [0, 0.05) is 18.8 Å². The van der Waals surface area contributed by atoms with Crippen molar-refractivity contribution in [1.82, 2.24) is 0 Å². The Morgan fingerprint density at radius 3 is 2.05 bits per heavy atom. The summed E-state index contributed by atoms with van der Waals surface area (Å²) in [6.45, 7) is 6.49. The second-order valence-electron chi connectivity index (χ2n) is 5.96. The number of carboxylic acid groups (broad SMARTS) is 1. The number of rotatable bonds is 12. The Labute approximate surface area is 135 Å². The molecule has 22 heavy (non-hydrogen) atoms. The highest BCUT2D eigenvalue weighted by Gasteiger charge is 2.09. The first kappa shape index (κ1) is 18.5. The molecule has 0 aliphatic rings. The quantitative estimate of drug-likeness (QED) is 0.529. The van der Waals surface area contributed by atoms with Crippen LogP contribution in [0.1, 0.15) is 75.6 Å². The third-order valence-corrected chi connectivity index (χ3v) is 4.02. The maximum Gasteiger partial charge on any atom is 0.335 e. The van der Waals surface area contributed by atoms with Gasteiger partial charge in [0.05, 0.1) is 5.56 Å². The molecule has 0 saturated carbocycles. The topological polar surface area (TPSA) is 40.5 Å². The summed E-state index contributed by atoms with van der Waals surface area (Å²) in [5.74, 6) is -0.848. The minimum atomic E-state index is -0.848. The van der Waals surface area contributed by atoms with Gasteiger partial charge in [-0.1, -0.05) is 58.4 Å². The number of benzene rings is 1. The molecule has 3 heteroatoms. The fraction of sp³-hybridized carbons (Fsp3) is 0.632. The molecule has 0 spiro atoms. The lowest BCUT2D eigenvalue weighted by molar-refractivity contribution is 0.0697. The summed E-state index contributed by atoms with van der Waals surface area (Å²) >= 11 is 0. The van der Waals surface area contributed by atoms with E-state index in [1.807, 2.05) is 18.2 Å². The summed E-state index contributed by atoms with van der Waals surface area (Å²) in [4.78, 5) is 13.5. The van der Waals surface area contributed by atoms with Gasteiger partial charge in [0.2, 0.25) is 0 Å². The predicted molar refractivity (Wildman–Crippen MR) is 93.9 cm³/mol. The fourth-order valence-corrected chi connectivity index (χ4v) is 2.66. The molecule has 0 aliphatic carbocycles. The molecule has 1 aromatic carbocycles. The second-order valence-corrected chi connectivity index (χ2v) is 5.96. The van der Waals surface area contributed by atoms with Gasteiger partial charge in [-0.25, -0.2) is 4.79 Å².